The Hall–Kier alpha value is -1.03. The van der Waals surface area contributed by atoms with Gasteiger partial charge < -0.3 is 5.32 Å². The third-order valence-corrected chi connectivity index (χ3v) is 4.16. The van der Waals surface area contributed by atoms with Crippen LogP contribution in [-0.2, 0) is 0 Å². The van der Waals surface area contributed by atoms with Crippen LogP contribution in [-0.4, -0.2) is 6.54 Å². The van der Waals surface area contributed by atoms with Gasteiger partial charge in [0.2, 0.25) is 0 Å². The molecule has 2 rings (SSSR count). The van der Waals surface area contributed by atoms with Crippen molar-refractivity contribution in [1.82, 2.24) is 5.32 Å². The number of halogens is 3. The molecular weight excluding hydrogens is 263 g/mol. The van der Waals surface area contributed by atoms with Gasteiger partial charge in [-0.1, -0.05) is 39.0 Å². The molecule has 0 spiro atoms. The lowest BCUT2D eigenvalue weighted by molar-refractivity contribution is 0.297. The molecular formula is C16H22F3N. The van der Waals surface area contributed by atoms with E-state index in [9.17, 15) is 13.2 Å². The van der Waals surface area contributed by atoms with Crippen molar-refractivity contribution in [1.29, 1.82) is 0 Å². The van der Waals surface area contributed by atoms with E-state index in [1.54, 1.807) is 0 Å². The van der Waals surface area contributed by atoms with Gasteiger partial charge in [0.25, 0.3) is 0 Å². The highest BCUT2D eigenvalue weighted by Gasteiger charge is 2.23. The molecule has 0 saturated heterocycles. The lowest BCUT2D eigenvalue weighted by Gasteiger charge is -2.27. The fourth-order valence-corrected chi connectivity index (χ4v) is 3.13. The van der Waals surface area contributed by atoms with E-state index in [-0.39, 0.29) is 11.6 Å². The third kappa shape index (κ3) is 3.75. The lowest BCUT2D eigenvalue weighted by atomic mass is 9.83. The number of rotatable bonds is 5. The van der Waals surface area contributed by atoms with Gasteiger partial charge in [-0.25, -0.2) is 13.2 Å². The Morgan fingerprint density at radius 1 is 1.05 bits per heavy atom. The van der Waals surface area contributed by atoms with Crippen LogP contribution in [0.2, 0.25) is 0 Å². The highest BCUT2D eigenvalue weighted by atomic mass is 19.2. The standard InChI is InChI=1S/C16H22F3N/c1-2-20-16(8-11-6-4-3-5-7-11)12-9-14(18)15(19)10-13(12)17/h9-11,16,20H,2-8H2,1H3. The monoisotopic (exact) mass is 285 g/mol. The van der Waals surface area contributed by atoms with Gasteiger partial charge in [-0.15, -0.1) is 0 Å². The Morgan fingerprint density at radius 3 is 2.35 bits per heavy atom. The van der Waals surface area contributed by atoms with Gasteiger partial charge >= 0.3 is 0 Å². The molecule has 4 heteroatoms. The molecule has 0 radical (unpaired) electrons. The van der Waals surface area contributed by atoms with Crippen LogP contribution >= 0.6 is 0 Å². The Kier molecular flexibility index (Phi) is 5.46. The molecule has 1 saturated carbocycles. The summed E-state index contributed by atoms with van der Waals surface area (Å²) in [5.41, 5.74) is 0.247. The Labute approximate surface area is 118 Å². The molecule has 1 aliphatic rings. The molecule has 1 nitrogen and oxygen atoms in total. The second-order valence-corrected chi connectivity index (χ2v) is 5.64. The molecule has 0 heterocycles. The maximum Gasteiger partial charge on any atom is 0.161 e. The predicted molar refractivity (Wildman–Crippen MR) is 73.9 cm³/mol. The lowest BCUT2D eigenvalue weighted by Crippen LogP contribution is -2.25. The number of hydrogen-bond acceptors (Lipinski definition) is 1. The number of benzene rings is 1. The van der Waals surface area contributed by atoms with E-state index in [1.807, 2.05) is 6.92 Å². The summed E-state index contributed by atoms with van der Waals surface area (Å²) in [6.07, 6.45) is 6.77. The molecule has 20 heavy (non-hydrogen) atoms. The summed E-state index contributed by atoms with van der Waals surface area (Å²) in [5, 5.41) is 3.20. The normalized spacial score (nSPS) is 18.2. The maximum atomic E-state index is 13.9. The largest absolute Gasteiger partial charge is 0.310 e. The van der Waals surface area contributed by atoms with Gasteiger partial charge in [0.1, 0.15) is 5.82 Å². The van der Waals surface area contributed by atoms with Gasteiger partial charge in [0.15, 0.2) is 11.6 Å². The minimum absolute atomic E-state index is 0.238. The van der Waals surface area contributed by atoms with Crippen LogP contribution in [0.4, 0.5) is 13.2 Å². The second kappa shape index (κ2) is 7.11. The van der Waals surface area contributed by atoms with Gasteiger partial charge in [-0.3, -0.25) is 0 Å². The molecule has 112 valence electrons. The van der Waals surface area contributed by atoms with Crippen LogP contribution in [0.5, 0.6) is 0 Å². The average molecular weight is 285 g/mol. The summed E-state index contributed by atoms with van der Waals surface area (Å²) in [6, 6.07) is 1.41. The van der Waals surface area contributed by atoms with Crippen LogP contribution in [0.1, 0.15) is 57.1 Å². The number of hydrogen-bond donors (Lipinski definition) is 1. The topological polar surface area (TPSA) is 12.0 Å². The van der Waals surface area contributed by atoms with Crippen molar-refractivity contribution < 1.29 is 13.2 Å². The fraction of sp³-hybridized carbons (Fsp3) is 0.625. The molecule has 0 aliphatic heterocycles. The van der Waals surface area contributed by atoms with Gasteiger partial charge in [-0.2, -0.15) is 0 Å². The van der Waals surface area contributed by atoms with Gasteiger partial charge in [0.05, 0.1) is 0 Å². The highest BCUT2D eigenvalue weighted by Crippen LogP contribution is 2.33. The molecule has 0 amide bonds. The smallest absolute Gasteiger partial charge is 0.161 e. The van der Waals surface area contributed by atoms with Crippen molar-refractivity contribution in [3.05, 3.63) is 35.1 Å². The summed E-state index contributed by atoms with van der Waals surface area (Å²) in [7, 11) is 0. The molecule has 0 aromatic heterocycles. The van der Waals surface area contributed by atoms with Crippen LogP contribution in [0.15, 0.2) is 12.1 Å². The van der Waals surface area contributed by atoms with Crippen LogP contribution in [0, 0.1) is 23.4 Å². The molecule has 1 aromatic carbocycles. The highest BCUT2D eigenvalue weighted by molar-refractivity contribution is 5.23. The first-order valence-electron chi connectivity index (χ1n) is 7.49. The van der Waals surface area contributed by atoms with Crippen LogP contribution in [0.3, 0.4) is 0 Å². The van der Waals surface area contributed by atoms with E-state index < -0.39 is 17.5 Å². The average Bonchev–Trinajstić information content (AvgIpc) is 2.44. The van der Waals surface area contributed by atoms with Gasteiger partial charge in [0, 0.05) is 17.7 Å². The molecule has 1 aliphatic carbocycles. The van der Waals surface area contributed by atoms with Crippen LogP contribution < -0.4 is 5.32 Å². The molecule has 1 aromatic rings. The minimum atomic E-state index is -1.13. The van der Waals surface area contributed by atoms with Crippen LogP contribution in [0.25, 0.3) is 0 Å². The second-order valence-electron chi connectivity index (χ2n) is 5.64. The Bertz CT molecular complexity index is 442. The molecule has 1 unspecified atom stereocenters. The van der Waals surface area contributed by atoms with Gasteiger partial charge in [-0.05, 0) is 24.9 Å². The van der Waals surface area contributed by atoms with Crippen molar-refractivity contribution in [3.8, 4) is 0 Å². The van der Waals surface area contributed by atoms with Crippen molar-refractivity contribution in [3.63, 3.8) is 0 Å². The third-order valence-electron chi connectivity index (χ3n) is 4.16. The summed E-state index contributed by atoms with van der Waals surface area (Å²) in [6.45, 7) is 2.61. The zero-order valence-corrected chi connectivity index (χ0v) is 11.9. The molecule has 1 atom stereocenters. The predicted octanol–water partition coefficient (Wildman–Crippen LogP) is 4.72. The Balaban J connectivity index is 2.16. The van der Waals surface area contributed by atoms with E-state index in [0.29, 0.717) is 18.5 Å². The Morgan fingerprint density at radius 2 is 1.70 bits per heavy atom. The van der Waals surface area contributed by atoms with Crippen molar-refractivity contribution in [2.75, 3.05) is 6.54 Å². The first-order chi connectivity index (χ1) is 9.61. The maximum absolute atomic E-state index is 13.9. The van der Waals surface area contributed by atoms with E-state index >= 15 is 0 Å². The summed E-state index contributed by atoms with van der Waals surface area (Å²) < 4.78 is 40.3. The summed E-state index contributed by atoms with van der Waals surface area (Å²) >= 11 is 0. The van der Waals surface area contributed by atoms with E-state index in [0.717, 1.165) is 25.3 Å². The first-order valence-corrected chi connectivity index (χ1v) is 7.49. The fourth-order valence-electron chi connectivity index (χ4n) is 3.13. The van der Waals surface area contributed by atoms with Crippen molar-refractivity contribution in [2.24, 2.45) is 5.92 Å². The van der Waals surface area contributed by atoms with E-state index in [2.05, 4.69) is 5.32 Å². The van der Waals surface area contributed by atoms with E-state index in [4.69, 9.17) is 0 Å². The first kappa shape index (κ1) is 15.4. The molecule has 0 bridgehead atoms. The molecule has 1 fully saturated rings. The minimum Gasteiger partial charge on any atom is -0.310 e. The molecule has 1 N–H and O–H groups in total. The quantitative estimate of drug-likeness (QED) is 0.771. The summed E-state index contributed by atoms with van der Waals surface area (Å²) in [4.78, 5) is 0. The van der Waals surface area contributed by atoms with E-state index in [1.165, 1.54) is 19.3 Å². The zero-order valence-electron chi connectivity index (χ0n) is 11.9. The summed E-state index contributed by atoms with van der Waals surface area (Å²) in [5.74, 6) is -2.22. The van der Waals surface area contributed by atoms with Crippen molar-refractivity contribution in [2.45, 2.75) is 51.5 Å². The number of nitrogens with one attached hydrogen (secondary N) is 1. The van der Waals surface area contributed by atoms with Crippen molar-refractivity contribution >= 4 is 0 Å². The SMILES string of the molecule is CCNC(CC1CCCCC1)c1cc(F)c(F)cc1F. The zero-order chi connectivity index (χ0) is 14.5.